The third-order valence-electron chi connectivity index (χ3n) is 3.21. The molecule has 0 aliphatic rings. The van der Waals surface area contributed by atoms with Crippen molar-refractivity contribution in [2.24, 2.45) is 0 Å². The van der Waals surface area contributed by atoms with Gasteiger partial charge in [-0.05, 0) is 49.2 Å². The summed E-state index contributed by atoms with van der Waals surface area (Å²) in [6, 6.07) is 7.67. The lowest BCUT2D eigenvalue weighted by Crippen LogP contribution is -2.06. The molecule has 4 N–H and O–H groups in total. The Balaban J connectivity index is 1.86. The lowest BCUT2D eigenvalue weighted by Gasteiger charge is -2.12. The van der Waals surface area contributed by atoms with Crippen LogP contribution in [0.4, 0.5) is 29.0 Å². The Morgan fingerprint density at radius 3 is 1.70 bits per heavy atom. The minimum atomic E-state index is 0.402. The molecule has 0 aliphatic carbocycles. The van der Waals surface area contributed by atoms with Gasteiger partial charge in [0.2, 0.25) is 0 Å². The van der Waals surface area contributed by atoms with Gasteiger partial charge in [0.1, 0.15) is 23.7 Å². The van der Waals surface area contributed by atoms with Crippen molar-refractivity contribution in [3.05, 3.63) is 54.1 Å². The predicted molar refractivity (Wildman–Crippen MR) is 91.0 cm³/mol. The molecule has 0 fully saturated rings. The third kappa shape index (κ3) is 3.52. The first kappa shape index (κ1) is 14.7. The molecule has 0 unspecified atom stereocenters. The topological polar surface area (TPSA) is 102 Å². The van der Waals surface area contributed by atoms with Crippen LogP contribution in [0.25, 0.3) is 0 Å². The molecule has 23 heavy (non-hydrogen) atoms. The number of nitrogens with two attached hydrogens (primary N) is 1. The van der Waals surface area contributed by atoms with Crippen LogP contribution in [0, 0.1) is 13.8 Å². The largest absolute Gasteiger partial charge is 0.393 e. The molecule has 3 aromatic heterocycles. The van der Waals surface area contributed by atoms with Gasteiger partial charge in [-0.1, -0.05) is 0 Å². The molecule has 0 atom stereocenters. The lowest BCUT2D eigenvalue weighted by atomic mass is 10.3. The van der Waals surface area contributed by atoms with E-state index in [1.807, 2.05) is 38.1 Å². The molecule has 7 nitrogen and oxygen atoms in total. The first-order chi connectivity index (χ1) is 11.1. The van der Waals surface area contributed by atoms with Crippen molar-refractivity contribution in [3.63, 3.8) is 0 Å². The summed E-state index contributed by atoms with van der Waals surface area (Å²) in [7, 11) is 0. The van der Waals surface area contributed by atoms with E-state index in [4.69, 9.17) is 5.73 Å². The zero-order valence-corrected chi connectivity index (χ0v) is 12.9. The Labute approximate surface area is 134 Å². The van der Waals surface area contributed by atoms with E-state index in [0.29, 0.717) is 29.0 Å². The number of pyridine rings is 2. The van der Waals surface area contributed by atoms with E-state index in [0.717, 1.165) is 11.1 Å². The van der Waals surface area contributed by atoms with E-state index in [1.54, 1.807) is 12.4 Å². The summed E-state index contributed by atoms with van der Waals surface area (Å²) in [5.41, 5.74) is 8.74. The number of aryl methyl sites for hydroxylation is 2. The second kappa shape index (κ2) is 6.27. The predicted octanol–water partition coefficient (Wildman–Crippen LogP) is 2.95. The van der Waals surface area contributed by atoms with E-state index in [1.165, 1.54) is 6.33 Å². The average molecular weight is 307 g/mol. The molecular weight excluding hydrogens is 290 g/mol. The molecule has 3 rings (SSSR count). The second-order valence-corrected chi connectivity index (χ2v) is 5.17. The Hall–Kier alpha value is -3.22. The molecule has 0 spiro atoms. The third-order valence-corrected chi connectivity index (χ3v) is 3.21. The summed E-state index contributed by atoms with van der Waals surface area (Å²) in [5, 5.41) is 6.21. The number of aromatic nitrogens is 4. The van der Waals surface area contributed by atoms with E-state index in [-0.39, 0.29) is 0 Å². The second-order valence-electron chi connectivity index (χ2n) is 5.17. The van der Waals surface area contributed by atoms with Crippen LogP contribution in [-0.4, -0.2) is 19.9 Å². The van der Waals surface area contributed by atoms with Crippen molar-refractivity contribution in [1.82, 2.24) is 19.9 Å². The highest BCUT2D eigenvalue weighted by Gasteiger charge is 2.09. The highest BCUT2D eigenvalue weighted by atomic mass is 15.1. The van der Waals surface area contributed by atoms with Crippen LogP contribution in [0.5, 0.6) is 0 Å². The minimum absolute atomic E-state index is 0.402. The highest BCUT2D eigenvalue weighted by Crippen LogP contribution is 2.27. The Kier molecular flexibility index (Phi) is 4.01. The summed E-state index contributed by atoms with van der Waals surface area (Å²) in [6.45, 7) is 3.99. The van der Waals surface area contributed by atoms with Gasteiger partial charge < -0.3 is 16.4 Å². The van der Waals surface area contributed by atoms with Gasteiger partial charge in [0.15, 0.2) is 11.6 Å². The van der Waals surface area contributed by atoms with E-state index in [2.05, 4.69) is 30.6 Å². The van der Waals surface area contributed by atoms with Gasteiger partial charge in [0.05, 0.1) is 0 Å². The van der Waals surface area contributed by atoms with Crippen LogP contribution in [0.15, 0.2) is 43.0 Å². The van der Waals surface area contributed by atoms with Crippen molar-refractivity contribution in [2.45, 2.75) is 13.8 Å². The fourth-order valence-electron chi connectivity index (χ4n) is 2.05. The number of hydrogen-bond acceptors (Lipinski definition) is 7. The van der Waals surface area contributed by atoms with Gasteiger partial charge in [-0.3, -0.25) is 0 Å². The maximum absolute atomic E-state index is 6.15. The fourth-order valence-corrected chi connectivity index (χ4v) is 2.05. The van der Waals surface area contributed by atoms with Crippen molar-refractivity contribution in [1.29, 1.82) is 0 Å². The zero-order chi connectivity index (χ0) is 16.2. The summed E-state index contributed by atoms with van der Waals surface area (Å²) in [6.07, 6.45) is 4.89. The highest BCUT2D eigenvalue weighted by molar-refractivity contribution is 5.79. The molecule has 0 bridgehead atoms. The summed E-state index contributed by atoms with van der Waals surface area (Å²) in [5.74, 6) is 2.34. The molecule has 0 aliphatic heterocycles. The maximum Gasteiger partial charge on any atom is 0.160 e. The van der Waals surface area contributed by atoms with Crippen LogP contribution >= 0.6 is 0 Å². The zero-order valence-electron chi connectivity index (χ0n) is 12.9. The molecule has 7 heteroatoms. The normalized spacial score (nSPS) is 10.3. The van der Waals surface area contributed by atoms with Crippen LogP contribution in [0.3, 0.4) is 0 Å². The van der Waals surface area contributed by atoms with Gasteiger partial charge in [-0.15, -0.1) is 0 Å². The van der Waals surface area contributed by atoms with Crippen molar-refractivity contribution in [3.8, 4) is 0 Å². The molecule has 0 amide bonds. The molecule has 0 saturated heterocycles. The van der Waals surface area contributed by atoms with Crippen LogP contribution in [-0.2, 0) is 0 Å². The molecule has 3 aromatic rings. The van der Waals surface area contributed by atoms with Crippen LogP contribution < -0.4 is 16.4 Å². The SMILES string of the molecule is Cc1ccnc(Nc2ncnc(Nc3cc(C)ccn3)c2N)c1. The fraction of sp³-hybridized carbons (Fsp3) is 0.125. The molecule has 0 radical (unpaired) electrons. The Morgan fingerprint density at radius 1 is 0.783 bits per heavy atom. The summed E-state index contributed by atoms with van der Waals surface area (Å²) >= 11 is 0. The minimum Gasteiger partial charge on any atom is -0.393 e. The molecule has 3 heterocycles. The Bertz CT molecular complexity index is 766. The molecule has 0 saturated carbocycles. The lowest BCUT2D eigenvalue weighted by molar-refractivity contribution is 1.15. The summed E-state index contributed by atoms with van der Waals surface area (Å²) < 4.78 is 0. The van der Waals surface area contributed by atoms with Crippen molar-refractivity contribution in [2.75, 3.05) is 16.4 Å². The molecular formula is C16H17N7. The smallest absolute Gasteiger partial charge is 0.160 e. The van der Waals surface area contributed by atoms with Crippen molar-refractivity contribution < 1.29 is 0 Å². The van der Waals surface area contributed by atoms with Gasteiger partial charge in [-0.25, -0.2) is 19.9 Å². The van der Waals surface area contributed by atoms with Gasteiger partial charge in [0.25, 0.3) is 0 Å². The number of hydrogen-bond donors (Lipinski definition) is 3. The maximum atomic E-state index is 6.15. The first-order valence-electron chi connectivity index (χ1n) is 7.11. The quantitative estimate of drug-likeness (QED) is 0.681. The number of nitrogens with one attached hydrogen (secondary N) is 2. The van der Waals surface area contributed by atoms with Crippen LogP contribution in [0.1, 0.15) is 11.1 Å². The van der Waals surface area contributed by atoms with Gasteiger partial charge >= 0.3 is 0 Å². The average Bonchev–Trinajstić information content (AvgIpc) is 2.51. The molecule has 0 aromatic carbocycles. The number of nitrogens with zero attached hydrogens (tertiary/aromatic N) is 4. The molecule has 116 valence electrons. The van der Waals surface area contributed by atoms with Gasteiger partial charge in [-0.2, -0.15) is 0 Å². The van der Waals surface area contributed by atoms with E-state index >= 15 is 0 Å². The van der Waals surface area contributed by atoms with E-state index in [9.17, 15) is 0 Å². The summed E-state index contributed by atoms with van der Waals surface area (Å²) in [4.78, 5) is 16.8. The number of anilines is 5. The van der Waals surface area contributed by atoms with Crippen molar-refractivity contribution >= 4 is 29.0 Å². The Morgan fingerprint density at radius 2 is 1.26 bits per heavy atom. The van der Waals surface area contributed by atoms with Crippen LogP contribution in [0.2, 0.25) is 0 Å². The number of rotatable bonds is 4. The van der Waals surface area contributed by atoms with E-state index < -0.39 is 0 Å². The monoisotopic (exact) mass is 307 g/mol. The number of nitrogen functional groups attached to an aromatic ring is 1. The first-order valence-corrected chi connectivity index (χ1v) is 7.11. The van der Waals surface area contributed by atoms with Gasteiger partial charge in [0, 0.05) is 12.4 Å². The standard InChI is InChI=1S/C16H17N7/c1-10-3-5-18-12(7-10)22-15-14(17)16(21-9-20-15)23-13-8-11(2)4-6-19-13/h3-9H,17H2,1-2H3,(H2,18,19,20,21,22,23).